The number of hydrogen-bond acceptors (Lipinski definition) is 6. The van der Waals surface area contributed by atoms with Gasteiger partial charge in [0.15, 0.2) is 0 Å². The maximum Gasteiger partial charge on any atom is 0.137 e. The fourth-order valence-electron chi connectivity index (χ4n) is 2.16. The Labute approximate surface area is 113 Å². The molecule has 0 aliphatic heterocycles. The van der Waals surface area contributed by atoms with Crippen molar-refractivity contribution < 1.29 is 10.2 Å². The minimum atomic E-state index is 0.0388. The Balaban J connectivity index is 2.37. The van der Waals surface area contributed by atoms with Crippen molar-refractivity contribution in [3.63, 3.8) is 0 Å². The SMILES string of the molecule is CNc1nc(C2CC2)nc(N(CCO)CCO)c1C. The molecule has 0 saturated heterocycles. The highest BCUT2D eigenvalue weighted by Crippen LogP contribution is 2.39. The summed E-state index contributed by atoms with van der Waals surface area (Å²) in [5.41, 5.74) is 0.953. The van der Waals surface area contributed by atoms with Crippen LogP contribution in [0.3, 0.4) is 0 Å². The van der Waals surface area contributed by atoms with Gasteiger partial charge in [-0.1, -0.05) is 0 Å². The van der Waals surface area contributed by atoms with Gasteiger partial charge < -0.3 is 20.4 Å². The smallest absolute Gasteiger partial charge is 0.137 e. The Morgan fingerprint density at radius 3 is 2.32 bits per heavy atom. The molecule has 19 heavy (non-hydrogen) atoms. The van der Waals surface area contributed by atoms with E-state index >= 15 is 0 Å². The van der Waals surface area contributed by atoms with E-state index in [2.05, 4.69) is 15.3 Å². The maximum atomic E-state index is 9.15. The lowest BCUT2D eigenvalue weighted by atomic mass is 10.2. The van der Waals surface area contributed by atoms with Crippen molar-refractivity contribution in [2.24, 2.45) is 0 Å². The van der Waals surface area contributed by atoms with Crippen LogP contribution in [0.4, 0.5) is 11.6 Å². The number of nitrogens with zero attached hydrogens (tertiary/aromatic N) is 3. The predicted octanol–water partition coefficient (Wildman–Crippen LogP) is 0.495. The third-order valence-electron chi connectivity index (χ3n) is 3.36. The number of aromatic nitrogens is 2. The molecule has 1 saturated carbocycles. The lowest BCUT2D eigenvalue weighted by Crippen LogP contribution is -2.31. The second-order valence-corrected chi connectivity index (χ2v) is 4.84. The van der Waals surface area contributed by atoms with Crippen molar-refractivity contribution in [2.45, 2.75) is 25.7 Å². The van der Waals surface area contributed by atoms with Crippen LogP contribution in [0.15, 0.2) is 0 Å². The van der Waals surface area contributed by atoms with Gasteiger partial charge in [-0.2, -0.15) is 0 Å². The number of rotatable bonds is 7. The summed E-state index contributed by atoms with van der Waals surface area (Å²) in [6.07, 6.45) is 2.29. The van der Waals surface area contributed by atoms with E-state index in [0.717, 1.165) is 35.9 Å². The molecular weight excluding hydrogens is 244 g/mol. The minimum absolute atomic E-state index is 0.0388. The normalized spacial score (nSPS) is 14.5. The van der Waals surface area contributed by atoms with Gasteiger partial charge in [-0.25, -0.2) is 9.97 Å². The van der Waals surface area contributed by atoms with Gasteiger partial charge in [0.05, 0.1) is 13.2 Å². The highest BCUT2D eigenvalue weighted by atomic mass is 16.3. The topological polar surface area (TPSA) is 81.5 Å². The lowest BCUT2D eigenvalue weighted by Gasteiger charge is -2.25. The molecule has 0 atom stereocenters. The zero-order valence-corrected chi connectivity index (χ0v) is 11.6. The van der Waals surface area contributed by atoms with E-state index in [4.69, 9.17) is 10.2 Å². The van der Waals surface area contributed by atoms with Crippen molar-refractivity contribution in [3.05, 3.63) is 11.4 Å². The largest absolute Gasteiger partial charge is 0.395 e. The lowest BCUT2D eigenvalue weighted by molar-refractivity contribution is 0.280. The third-order valence-corrected chi connectivity index (χ3v) is 3.36. The van der Waals surface area contributed by atoms with Crippen LogP contribution in [-0.4, -0.2) is 53.5 Å². The molecule has 0 amide bonds. The first kappa shape index (κ1) is 14.0. The first-order valence-corrected chi connectivity index (χ1v) is 6.74. The van der Waals surface area contributed by atoms with Gasteiger partial charge in [0, 0.05) is 31.6 Å². The molecule has 0 bridgehead atoms. The van der Waals surface area contributed by atoms with Crippen LogP contribution >= 0.6 is 0 Å². The second-order valence-electron chi connectivity index (χ2n) is 4.84. The van der Waals surface area contributed by atoms with Crippen LogP contribution in [0.25, 0.3) is 0 Å². The molecule has 0 aromatic carbocycles. The van der Waals surface area contributed by atoms with Gasteiger partial charge in [0.25, 0.3) is 0 Å². The number of anilines is 2. The molecule has 2 rings (SSSR count). The van der Waals surface area contributed by atoms with Crippen LogP contribution in [0, 0.1) is 6.92 Å². The van der Waals surface area contributed by atoms with E-state index in [-0.39, 0.29) is 13.2 Å². The van der Waals surface area contributed by atoms with Gasteiger partial charge in [0.1, 0.15) is 17.5 Å². The third kappa shape index (κ3) is 3.13. The molecule has 1 heterocycles. The van der Waals surface area contributed by atoms with Gasteiger partial charge in [-0.15, -0.1) is 0 Å². The molecule has 1 fully saturated rings. The Morgan fingerprint density at radius 1 is 1.21 bits per heavy atom. The van der Waals surface area contributed by atoms with Crippen LogP contribution in [0.2, 0.25) is 0 Å². The van der Waals surface area contributed by atoms with Crippen LogP contribution in [0.5, 0.6) is 0 Å². The monoisotopic (exact) mass is 266 g/mol. The molecule has 3 N–H and O–H groups in total. The standard InChI is InChI=1S/C13H22N4O2/c1-9-11(14-2)15-12(10-3-4-10)16-13(9)17(5-7-18)6-8-19/h10,18-19H,3-8H2,1-2H3,(H,14,15,16). The van der Waals surface area contributed by atoms with Gasteiger partial charge in [-0.05, 0) is 19.8 Å². The van der Waals surface area contributed by atoms with E-state index in [9.17, 15) is 0 Å². The summed E-state index contributed by atoms with van der Waals surface area (Å²) in [7, 11) is 1.85. The van der Waals surface area contributed by atoms with Crippen molar-refractivity contribution in [2.75, 3.05) is 43.6 Å². The van der Waals surface area contributed by atoms with Crippen LogP contribution in [0.1, 0.15) is 30.1 Å². The second kappa shape index (κ2) is 6.16. The molecule has 0 radical (unpaired) electrons. The van der Waals surface area contributed by atoms with Gasteiger partial charge in [0.2, 0.25) is 0 Å². The zero-order chi connectivity index (χ0) is 13.8. The van der Waals surface area contributed by atoms with E-state index in [1.54, 1.807) is 0 Å². The molecule has 0 unspecified atom stereocenters. The van der Waals surface area contributed by atoms with Crippen LogP contribution in [-0.2, 0) is 0 Å². The minimum Gasteiger partial charge on any atom is -0.395 e. The summed E-state index contributed by atoms with van der Waals surface area (Å²) in [4.78, 5) is 11.1. The summed E-state index contributed by atoms with van der Waals surface area (Å²) < 4.78 is 0. The summed E-state index contributed by atoms with van der Waals surface area (Å²) in [6.45, 7) is 2.96. The molecule has 1 aliphatic rings. The Morgan fingerprint density at radius 2 is 1.84 bits per heavy atom. The van der Waals surface area contributed by atoms with E-state index in [0.29, 0.717) is 19.0 Å². The Hall–Kier alpha value is -1.40. The fraction of sp³-hybridized carbons (Fsp3) is 0.692. The fourth-order valence-corrected chi connectivity index (χ4v) is 2.16. The molecule has 106 valence electrons. The predicted molar refractivity (Wildman–Crippen MR) is 74.7 cm³/mol. The van der Waals surface area contributed by atoms with Crippen molar-refractivity contribution in [3.8, 4) is 0 Å². The number of aliphatic hydroxyl groups excluding tert-OH is 2. The molecule has 6 heteroatoms. The molecule has 1 aromatic rings. The van der Waals surface area contributed by atoms with E-state index < -0.39 is 0 Å². The van der Waals surface area contributed by atoms with E-state index in [1.807, 2.05) is 18.9 Å². The van der Waals surface area contributed by atoms with Crippen molar-refractivity contribution in [1.29, 1.82) is 0 Å². The first-order valence-electron chi connectivity index (χ1n) is 6.74. The quantitative estimate of drug-likeness (QED) is 0.666. The van der Waals surface area contributed by atoms with Crippen LogP contribution < -0.4 is 10.2 Å². The zero-order valence-electron chi connectivity index (χ0n) is 11.6. The summed E-state index contributed by atoms with van der Waals surface area (Å²) in [5.74, 6) is 2.97. The average molecular weight is 266 g/mol. The Bertz CT molecular complexity index is 429. The summed E-state index contributed by atoms with van der Waals surface area (Å²) >= 11 is 0. The number of hydrogen-bond donors (Lipinski definition) is 3. The average Bonchev–Trinajstić information content (AvgIpc) is 3.23. The Kier molecular flexibility index (Phi) is 4.55. The molecule has 6 nitrogen and oxygen atoms in total. The summed E-state index contributed by atoms with van der Waals surface area (Å²) in [6, 6.07) is 0. The van der Waals surface area contributed by atoms with Crippen molar-refractivity contribution >= 4 is 11.6 Å². The first-order chi connectivity index (χ1) is 9.21. The molecule has 1 aliphatic carbocycles. The van der Waals surface area contributed by atoms with E-state index in [1.165, 1.54) is 0 Å². The maximum absolute atomic E-state index is 9.15. The highest BCUT2D eigenvalue weighted by Gasteiger charge is 2.28. The summed E-state index contributed by atoms with van der Waals surface area (Å²) in [5, 5.41) is 21.4. The number of aliphatic hydroxyl groups is 2. The van der Waals surface area contributed by atoms with Gasteiger partial charge in [-0.3, -0.25) is 0 Å². The molecule has 1 aromatic heterocycles. The highest BCUT2D eigenvalue weighted by molar-refractivity contribution is 5.58. The molecule has 0 spiro atoms. The number of nitrogens with one attached hydrogen (secondary N) is 1. The van der Waals surface area contributed by atoms with Crippen molar-refractivity contribution in [1.82, 2.24) is 9.97 Å². The molecular formula is C13H22N4O2. The van der Waals surface area contributed by atoms with Gasteiger partial charge >= 0.3 is 0 Å².